The van der Waals surface area contributed by atoms with Crippen molar-refractivity contribution in [3.05, 3.63) is 16.3 Å². The lowest BCUT2D eigenvalue weighted by Crippen LogP contribution is -2.16. The van der Waals surface area contributed by atoms with Crippen LogP contribution in [-0.2, 0) is 0 Å². The summed E-state index contributed by atoms with van der Waals surface area (Å²) in [6.07, 6.45) is 2.26. The fraction of sp³-hybridized carbons (Fsp3) is 0.556. The van der Waals surface area contributed by atoms with Gasteiger partial charge in [-0.1, -0.05) is 0 Å². The van der Waals surface area contributed by atoms with Crippen molar-refractivity contribution in [2.24, 2.45) is 5.92 Å². The maximum Gasteiger partial charge on any atom is 0.329 e. The Morgan fingerprint density at radius 1 is 1.71 bits per heavy atom. The van der Waals surface area contributed by atoms with Gasteiger partial charge in [-0.2, -0.15) is 16.7 Å². The molecule has 0 bridgehead atoms. The normalized spacial score (nSPS) is 19.2. The summed E-state index contributed by atoms with van der Waals surface area (Å²) in [5.41, 5.74) is 5.29. The number of thioether (sulfide) groups is 1. The zero-order valence-electron chi connectivity index (χ0n) is 9.13. The second kappa shape index (κ2) is 5.17. The predicted octanol–water partition coefficient (Wildman–Crippen LogP) is 1.13. The lowest BCUT2D eigenvalue weighted by atomic mass is 10.1. The minimum atomic E-state index is -0.509. The van der Waals surface area contributed by atoms with Gasteiger partial charge in [0.05, 0.1) is 4.92 Å². The molecule has 1 aromatic heterocycles. The molecule has 17 heavy (non-hydrogen) atoms. The molecule has 0 spiro atoms. The standard InChI is InChI=1S/C9H13N5O2S/c10-9-12-4-7(14(15)16)8(13-9)11-3-6-1-2-17-5-6/h4,6H,1-3,5H2,(H3,10,11,12,13). The Kier molecular flexibility index (Phi) is 3.62. The molecule has 1 saturated heterocycles. The van der Waals surface area contributed by atoms with Crippen molar-refractivity contribution in [1.29, 1.82) is 0 Å². The van der Waals surface area contributed by atoms with Gasteiger partial charge in [-0.05, 0) is 23.8 Å². The van der Waals surface area contributed by atoms with E-state index >= 15 is 0 Å². The first-order chi connectivity index (χ1) is 8.16. The SMILES string of the molecule is Nc1ncc([N+](=O)[O-])c(NCC2CCSC2)n1. The van der Waals surface area contributed by atoms with Crippen molar-refractivity contribution in [1.82, 2.24) is 9.97 Å². The summed E-state index contributed by atoms with van der Waals surface area (Å²) < 4.78 is 0. The van der Waals surface area contributed by atoms with Crippen LogP contribution in [0.25, 0.3) is 0 Å². The van der Waals surface area contributed by atoms with Crippen molar-refractivity contribution in [2.75, 3.05) is 29.1 Å². The Morgan fingerprint density at radius 2 is 2.53 bits per heavy atom. The van der Waals surface area contributed by atoms with Crippen molar-refractivity contribution in [3.8, 4) is 0 Å². The molecule has 1 fully saturated rings. The van der Waals surface area contributed by atoms with E-state index < -0.39 is 4.92 Å². The molecular weight excluding hydrogens is 242 g/mol. The van der Waals surface area contributed by atoms with Gasteiger partial charge >= 0.3 is 5.69 Å². The summed E-state index contributed by atoms with van der Waals surface area (Å²) in [6.45, 7) is 0.685. The molecule has 1 aromatic rings. The quantitative estimate of drug-likeness (QED) is 0.613. The first-order valence-electron chi connectivity index (χ1n) is 5.25. The molecule has 0 radical (unpaired) electrons. The largest absolute Gasteiger partial charge is 0.368 e. The molecule has 0 amide bonds. The van der Waals surface area contributed by atoms with Gasteiger partial charge in [-0.25, -0.2) is 4.98 Å². The van der Waals surface area contributed by atoms with Crippen LogP contribution in [-0.4, -0.2) is 32.9 Å². The minimum absolute atomic E-state index is 0.0406. The van der Waals surface area contributed by atoms with Gasteiger partial charge in [0, 0.05) is 6.54 Å². The van der Waals surface area contributed by atoms with E-state index in [2.05, 4.69) is 15.3 Å². The van der Waals surface area contributed by atoms with E-state index in [-0.39, 0.29) is 17.5 Å². The summed E-state index contributed by atoms with van der Waals surface area (Å²) in [4.78, 5) is 17.7. The maximum absolute atomic E-state index is 10.8. The highest BCUT2D eigenvalue weighted by molar-refractivity contribution is 7.99. The number of nitrogens with two attached hydrogens (primary N) is 1. The van der Waals surface area contributed by atoms with E-state index in [4.69, 9.17) is 5.73 Å². The lowest BCUT2D eigenvalue weighted by Gasteiger charge is -2.10. The summed E-state index contributed by atoms with van der Waals surface area (Å²) in [5.74, 6) is 3.02. The number of anilines is 2. The van der Waals surface area contributed by atoms with Crippen molar-refractivity contribution < 1.29 is 4.92 Å². The smallest absolute Gasteiger partial charge is 0.329 e. The van der Waals surface area contributed by atoms with E-state index in [9.17, 15) is 10.1 Å². The van der Waals surface area contributed by atoms with E-state index in [1.165, 1.54) is 0 Å². The lowest BCUT2D eigenvalue weighted by molar-refractivity contribution is -0.384. The molecule has 0 saturated carbocycles. The number of nitro groups is 1. The molecule has 3 N–H and O–H groups in total. The van der Waals surface area contributed by atoms with E-state index in [1.807, 2.05) is 11.8 Å². The molecule has 92 valence electrons. The third-order valence-electron chi connectivity index (χ3n) is 2.57. The Morgan fingerprint density at radius 3 is 3.18 bits per heavy atom. The van der Waals surface area contributed by atoms with Crippen molar-refractivity contribution >= 4 is 29.2 Å². The molecule has 1 aliphatic rings. The highest BCUT2D eigenvalue weighted by Gasteiger charge is 2.20. The number of hydrogen-bond donors (Lipinski definition) is 2. The number of nitrogens with zero attached hydrogens (tertiary/aromatic N) is 3. The first-order valence-corrected chi connectivity index (χ1v) is 6.41. The van der Waals surface area contributed by atoms with Crippen molar-refractivity contribution in [2.45, 2.75) is 6.42 Å². The minimum Gasteiger partial charge on any atom is -0.368 e. The van der Waals surface area contributed by atoms with Gasteiger partial charge in [0.15, 0.2) is 0 Å². The van der Waals surface area contributed by atoms with Crippen LogP contribution in [0.1, 0.15) is 6.42 Å². The molecule has 0 aromatic carbocycles. The third kappa shape index (κ3) is 2.96. The topological polar surface area (TPSA) is 107 Å². The molecule has 1 aliphatic heterocycles. The average molecular weight is 255 g/mol. The monoisotopic (exact) mass is 255 g/mol. The van der Waals surface area contributed by atoms with Crippen LogP contribution < -0.4 is 11.1 Å². The van der Waals surface area contributed by atoms with Crippen LogP contribution in [0.3, 0.4) is 0 Å². The zero-order chi connectivity index (χ0) is 12.3. The van der Waals surface area contributed by atoms with Crippen LogP contribution in [0.15, 0.2) is 6.20 Å². The fourth-order valence-corrected chi connectivity index (χ4v) is 2.92. The van der Waals surface area contributed by atoms with Gasteiger partial charge < -0.3 is 11.1 Å². The molecule has 0 aliphatic carbocycles. The van der Waals surface area contributed by atoms with Gasteiger partial charge in [0.25, 0.3) is 0 Å². The zero-order valence-corrected chi connectivity index (χ0v) is 9.94. The van der Waals surface area contributed by atoms with E-state index in [1.54, 1.807) is 0 Å². The molecule has 2 heterocycles. The first kappa shape index (κ1) is 11.9. The summed E-state index contributed by atoms with van der Waals surface area (Å²) in [5, 5.41) is 13.8. The average Bonchev–Trinajstić information content (AvgIpc) is 2.78. The molecular formula is C9H13N5O2S. The summed E-state index contributed by atoms with van der Waals surface area (Å²) in [7, 11) is 0. The highest BCUT2D eigenvalue weighted by atomic mass is 32.2. The van der Waals surface area contributed by atoms with Crippen molar-refractivity contribution in [3.63, 3.8) is 0 Å². The Hall–Kier alpha value is -1.57. The van der Waals surface area contributed by atoms with Crippen LogP contribution in [0.4, 0.5) is 17.5 Å². The Balaban J connectivity index is 2.07. The maximum atomic E-state index is 10.8. The van der Waals surface area contributed by atoms with Crippen LogP contribution >= 0.6 is 11.8 Å². The van der Waals surface area contributed by atoms with E-state index in [0.717, 1.165) is 24.1 Å². The van der Waals surface area contributed by atoms with E-state index in [0.29, 0.717) is 12.5 Å². The summed E-state index contributed by atoms with van der Waals surface area (Å²) >= 11 is 1.90. The molecule has 1 unspecified atom stereocenters. The molecule has 1 atom stereocenters. The third-order valence-corrected chi connectivity index (χ3v) is 3.80. The summed E-state index contributed by atoms with van der Waals surface area (Å²) in [6, 6.07) is 0. The molecule has 7 nitrogen and oxygen atoms in total. The molecule has 2 rings (SSSR count). The predicted molar refractivity (Wildman–Crippen MR) is 67.0 cm³/mol. The highest BCUT2D eigenvalue weighted by Crippen LogP contribution is 2.26. The Bertz CT molecular complexity index is 422. The second-order valence-electron chi connectivity index (χ2n) is 3.83. The van der Waals surface area contributed by atoms with Gasteiger partial charge in [0.2, 0.25) is 11.8 Å². The number of nitrogens with one attached hydrogen (secondary N) is 1. The van der Waals surface area contributed by atoms with Crippen LogP contribution in [0.2, 0.25) is 0 Å². The van der Waals surface area contributed by atoms with Gasteiger partial charge in [-0.3, -0.25) is 10.1 Å². The number of nitrogen functional groups attached to an aromatic ring is 1. The Labute approximate surface area is 102 Å². The molecule has 8 heteroatoms. The number of aromatic nitrogens is 2. The van der Waals surface area contributed by atoms with Crippen LogP contribution in [0, 0.1) is 16.0 Å². The van der Waals surface area contributed by atoms with Crippen LogP contribution in [0.5, 0.6) is 0 Å². The number of hydrogen-bond acceptors (Lipinski definition) is 7. The second-order valence-corrected chi connectivity index (χ2v) is 4.98. The van der Waals surface area contributed by atoms with Gasteiger partial charge in [0.1, 0.15) is 6.20 Å². The fourth-order valence-electron chi connectivity index (χ4n) is 1.64. The number of rotatable bonds is 4. The van der Waals surface area contributed by atoms with Gasteiger partial charge in [-0.15, -0.1) is 0 Å².